The Bertz CT molecular complexity index is 712. The van der Waals surface area contributed by atoms with Crippen LogP contribution in [0, 0.1) is 0 Å². The van der Waals surface area contributed by atoms with Crippen molar-refractivity contribution in [2.45, 2.75) is 58.0 Å². The van der Waals surface area contributed by atoms with Gasteiger partial charge in [0, 0.05) is 38.3 Å². The van der Waals surface area contributed by atoms with Crippen molar-refractivity contribution in [2.24, 2.45) is 0 Å². The molecule has 1 aromatic carbocycles. The molecule has 0 spiro atoms. The average Bonchev–Trinajstić information content (AvgIpc) is 3.08. The Balaban J connectivity index is 1.58. The zero-order chi connectivity index (χ0) is 16.7. The number of para-hydroxylation sites is 2. The number of nitrogens with zero attached hydrogens (tertiary/aromatic N) is 4. The zero-order valence-electron chi connectivity index (χ0n) is 14.7. The van der Waals surface area contributed by atoms with E-state index in [1.54, 1.807) is 0 Å². The lowest BCUT2D eigenvalue weighted by Gasteiger charge is -2.42. The molecule has 4 rings (SSSR count). The largest absolute Gasteiger partial charge is 0.392 e. The Labute approximate surface area is 143 Å². The van der Waals surface area contributed by atoms with Gasteiger partial charge in [-0.05, 0) is 31.9 Å². The SMILES string of the molecule is CCCn1c(CN2C[C@@H]3C[C@@H](O)CN3C[C@@H]2C)nc2ccccc21. The minimum atomic E-state index is -0.146. The standard InChI is InChI=1S/C19H28N4O/c1-3-8-23-18-7-5-4-6-17(18)20-19(23)13-21-11-15-9-16(24)12-22(15)10-14(21)2/h4-7,14-16,24H,3,8-13H2,1-2H3/t14-,15-,16+/m0/s1. The summed E-state index contributed by atoms with van der Waals surface area (Å²) in [4.78, 5) is 9.93. The molecule has 130 valence electrons. The van der Waals surface area contributed by atoms with E-state index in [-0.39, 0.29) is 6.10 Å². The number of fused-ring (bicyclic) bond motifs is 2. The topological polar surface area (TPSA) is 44.5 Å². The third-order valence-corrected chi connectivity index (χ3v) is 5.60. The van der Waals surface area contributed by atoms with Crippen molar-refractivity contribution in [3.63, 3.8) is 0 Å². The number of hydrogen-bond acceptors (Lipinski definition) is 4. The third-order valence-electron chi connectivity index (χ3n) is 5.60. The number of aryl methyl sites for hydroxylation is 1. The molecule has 0 radical (unpaired) electrons. The molecule has 0 bridgehead atoms. The molecule has 1 aromatic heterocycles. The highest BCUT2D eigenvalue weighted by Crippen LogP contribution is 2.27. The zero-order valence-corrected chi connectivity index (χ0v) is 14.7. The van der Waals surface area contributed by atoms with Gasteiger partial charge in [-0.3, -0.25) is 9.80 Å². The molecule has 2 saturated heterocycles. The first kappa shape index (κ1) is 16.1. The van der Waals surface area contributed by atoms with Crippen molar-refractivity contribution in [2.75, 3.05) is 19.6 Å². The van der Waals surface area contributed by atoms with E-state index in [0.29, 0.717) is 12.1 Å². The van der Waals surface area contributed by atoms with E-state index >= 15 is 0 Å². The van der Waals surface area contributed by atoms with Gasteiger partial charge in [0.25, 0.3) is 0 Å². The maximum absolute atomic E-state index is 9.95. The predicted octanol–water partition coefficient (Wildman–Crippen LogP) is 2.09. The number of imidazole rings is 1. The average molecular weight is 328 g/mol. The summed E-state index contributed by atoms with van der Waals surface area (Å²) in [5.41, 5.74) is 2.35. The van der Waals surface area contributed by atoms with Crippen LogP contribution in [0.15, 0.2) is 24.3 Å². The second-order valence-electron chi connectivity index (χ2n) is 7.44. The van der Waals surface area contributed by atoms with Crippen molar-refractivity contribution in [3.05, 3.63) is 30.1 Å². The summed E-state index contributed by atoms with van der Waals surface area (Å²) in [6.45, 7) is 9.37. The normalized spacial score (nSPS) is 28.5. The van der Waals surface area contributed by atoms with Gasteiger partial charge in [0.05, 0.1) is 23.7 Å². The van der Waals surface area contributed by atoms with Gasteiger partial charge in [-0.1, -0.05) is 19.1 Å². The minimum absolute atomic E-state index is 0.146. The van der Waals surface area contributed by atoms with Crippen LogP contribution in [-0.2, 0) is 13.1 Å². The molecule has 2 aliphatic heterocycles. The number of aliphatic hydroxyl groups excluding tert-OH is 1. The second-order valence-corrected chi connectivity index (χ2v) is 7.44. The van der Waals surface area contributed by atoms with Crippen LogP contribution >= 0.6 is 0 Å². The molecule has 0 aliphatic carbocycles. The first-order chi connectivity index (χ1) is 11.7. The maximum Gasteiger partial charge on any atom is 0.124 e. The summed E-state index contributed by atoms with van der Waals surface area (Å²) in [6, 6.07) is 9.45. The number of piperazine rings is 1. The van der Waals surface area contributed by atoms with Crippen LogP contribution in [-0.4, -0.2) is 62.3 Å². The summed E-state index contributed by atoms with van der Waals surface area (Å²) in [6.07, 6.45) is 1.88. The lowest BCUT2D eigenvalue weighted by Crippen LogP contribution is -2.54. The number of aromatic nitrogens is 2. The number of hydrogen-bond donors (Lipinski definition) is 1. The van der Waals surface area contributed by atoms with Gasteiger partial charge in [0.1, 0.15) is 5.82 Å². The van der Waals surface area contributed by atoms with Gasteiger partial charge in [-0.15, -0.1) is 0 Å². The molecule has 2 aliphatic rings. The van der Waals surface area contributed by atoms with Gasteiger partial charge in [-0.25, -0.2) is 4.98 Å². The summed E-state index contributed by atoms with van der Waals surface area (Å²) < 4.78 is 2.39. The van der Waals surface area contributed by atoms with Crippen LogP contribution in [0.5, 0.6) is 0 Å². The van der Waals surface area contributed by atoms with Gasteiger partial charge in [0.15, 0.2) is 0 Å². The fourth-order valence-electron chi connectivity index (χ4n) is 4.40. The van der Waals surface area contributed by atoms with Crippen molar-refractivity contribution in [1.82, 2.24) is 19.4 Å². The molecule has 0 saturated carbocycles. The van der Waals surface area contributed by atoms with Gasteiger partial charge < -0.3 is 9.67 Å². The van der Waals surface area contributed by atoms with Crippen LogP contribution in [0.3, 0.4) is 0 Å². The van der Waals surface area contributed by atoms with E-state index in [1.807, 2.05) is 0 Å². The summed E-state index contributed by atoms with van der Waals surface area (Å²) in [5.74, 6) is 1.18. The van der Waals surface area contributed by atoms with E-state index in [9.17, 15) is 5.11 Å². The lowest BCUT2D eigenvalue weighted by atomic mass is 10.1. The van der Waals surface area contributed by atoms with Crippen LogP contribution in [0.25, 0.3) is 11.0 Å². The van der Waals surface area contributed by atoms with Crippen molar-refractivity contribution in [1.29, 1.82) is 0 Å². The molecule has 3 atom stereocenters. The Hall–Kier alpha value is -1.43. The summed E-state index contributed by atoms with van der Waals surface area (Å²) in [5, 5.41) is 9.95. The molecule has 0 unspecified atom stereocenters. The van der Waals surface area contributed by atoms with Gasteiger partial charge in [0.2, 0.25) is 0 Å². The predicted molar refractivity (Wildman–Crippen MR) is 95.9 cm³/mol. The maximum atomic E-state index is 9.95. The number of aliphatic hydroxyl groups is 1. The number of benzene rings is 1. The van der Waals surface area contributed by atoms with Crippen LogP contribution < -0.4 is 0 Å². The van der Waals surface area contributed by atoms with E-state index < -0.39 is 0 Å². The highest BCUT2D eigenvalue weighted by Gasteiger charge is 2.38. The van der Waals surface area contributed by atoms with Crippen LogP contribution in [0.4, 0.5) is 0 Å². The molecule has 2 fully saturated rings. The molecule has 0 amide bonds. The monoisotopic (exact) mass is 328 g/mol. The minimum Gasteiger partial charge on any atom is -0.392 e. The Kier molecular flexibility index (Phi) is 4.33. The molecule has 2 aromatic rings. The Morgan fingerprint density at radius 2 is 2.04 bits per heavy atom. The highest BCUT2D eigenvalue weighted by atomic mass is 16.3. The fourth-order valence-corrected chi connectivity index (χ4v) is 4.40. The highest BCUT2D eigenvalue weighted by molar-refractivity contribution is 5.75. The third kappa shape index (κ3) is 2.85. The number of rotatable bonds is 4. The summed E-state index contributed by atoms with van der Waals surface area (Å²) in [7, 11) is 0. The lowest BCUT2D eigenvalue weighted by molar-refractivity contribution is 0.0504. The van der Waals surface area contributed by atoms with Crippen LogP contribution in [0.1, 0.15) is 32.5 Å². The van der Waals surface area contributed by atoms with E-state index in [1.165, 1.54) is 11.3 Å². The Morgan fingerprint density at radius 1 is 1.21 bits per heavy atom. The van der Waals surface area contributed by atoms with Crippen molar-refractivity contribution >= 4 is 11.0 Å². The fraction of sp³-hybridized carbons (Fsp3) is 0.632. The second kappa shape index (κ2) is 6.47. The molecule has 5 heteroatoms. The Morgan fingerprint density at radius 3 is 2.88 bits per heavy atom. The summed E-state index contributed by atoms with van der Waals surface area (Å²) >= 11 is 0. The van der Waals surface area contributed by atoms with E-state index in [4.69, 9.17) is 4.98 Å². The molecular weight excluding hydrogens is 300 g/mol. The first-order valence-electron chi connectivity index (χ1n) is 9.26. The van der Waals surface area contributed by atoms with E-state index in [2.05, 4.69) is 52.5 Å². The van der Waals surface area contributed by atoms with Crippen molar-refractivity contribution < 1.29 is 5.11 Å². The molecule has 3 heterocycles. The van der Waals surface area contributed by atoms with Gasteiger partial charge in [-0.2, -0.15) is 0 Å². The van der Waals surface area contributed by atoms with Crippen LogP contribution in [0.2, 0.25) is 0 Å². The quantitative estimate of drug-likeness (QED) is 0.933. The molecular formula is C19H28N4O. The smallest absolute Gasteiger partial charge is 0.124 e. The van der Waals surface area contributed by atoms with Gasteiger partial charge >= 0.3 is 0 Å². The van der Waals surface area contributed by atoms with Crippen molar-refractivity contribution in [3.8, 4) is 0 Å². The first-order valence-corrected chi connectivity index (χ1v) is 9.26. The van der Waals surface area contributed by atoms with E-state index in [0.717, 1.165) is 51.1 Å². The molecule has 5 nitrogen and oxygen atoms in total. The molecule has 1 N–H and O–H groups in total. The molecule has 24 heavy (non-hydrogen) atoms.